The summed E-state index contributed by atoms with van der Waals surface area (Å²) in [5.41, 5.74) is 0.894. The monoisotopic (exact) mass is 397 g/mol. The van der Waals surface area contributed by atoms with Crippen molar-refractivity contribution in [3.63, 3.8) is 0 Å². The lowest BCUT2D eigenvalue weighted by Crippen LogP contribution is -2.37. The number of hydrogen-bond acceptors (Lipinski definition) is 7. The fraction of sp³-hybridized carbons (Fsp3) is 0.684. The summed E-state index contributed by atoms with van der Waals surface area (Å²) < 4.78 is 10.6. The van der Waals surface area contributed by atoms with E-state index in [-0.39, 0.29) is 18.3 Å². The number of ether oxygens (including phenoxy) is 2. The molecule has 7 nitrogen and oxygen atoms in total. The molecule has 0 aliphatic rings. The number of aromatic amines is 1. The van der Waals surface area contributed by atoms with Crippen LogP contribution in [0.5, 0.6) is 0 Å². The second-order valence-electron chi connectivity index (χ2n) is 7.09. The van der Waals surface area contributed by atoms with Crippen LogP contribution in [0.3, 0.4) is 0 Å². The third kappa shape index (κ3) is 6.36. The van der Waals surface area contributed by atoms with Crippen molar-refractivity contribution in [2.24, 2.45) is 0 Å². The maximum Gasteiger partial charge on any atom is 0.259 e. The highest BCUT2D eigenvalue weighted by Crippen LogP contribution is 2.25. The maximum absolute atomic E-state index is 12.5. The molecule has 0 bridgehead atoms. The lowest BCUT2D eigenvalue weighted by atomic mass is 10.2. The minimum atomic E-state index is -0.600. The number of aliphatic hydroxyl groups is 1. The van der Waals surface area contributed by atoms with E-state index in [0.29, 0.717) is 30.9 Å². The number of H-pyrrole nitrogens is 1. The van der Waals surface area contributed by atoms with Crippen LogP contribution in [0.25, 0.3) is 10.2 Å². The maximum atomic E-state index is 12.5. The van der Waals surface area contributed by atoms with Crippen molar-refractivity contribution < 1.29 is 14.6 Å². The van der Waals surface area contributed by atoms with Crippen LogP contribution in [0.15, 0.2) is 4.79 Å². The summed E-state index contributed by atoms with van der Waals surface area (Å²) in [6, 6.07) is 0. The Bertz CT molecular complexity index is 787. The number of rotatable bonds is 11. The van der Waals surface area contributed by atoms with Crippen LogP contribution < -0.4 is 5.56 Å². The molecule has 152 valence electrons. The van der Waals surface area contributed by atoms with Crippen LogP contribution >= 0.6 is 11.3 Å². The van der Waals surface area contributed by atoms with E-state index in [1.165, 1.54) is 0 Å². The Morgan fingerprint density at radius 2 is 2.07 bits per heavy atom. The first-order valence-electron chi connectivity index (χ1n) is 9.31. The van der Waals surface area contributed by atoms with Gasteiger partial charge in [-0.3, -0.25) is 9.69 Å². The molecular formula is C19H31N3O4S. The van der Waals surface area contributed by atoms with E-state index in [0.717, 1.165) is 28.2 Å². The molecule has 2 aromatic rings. The molecule has 0 aliphatic heterocycles. The summed E-state index contributed by atoms with van der Waals surface area (Å²) in [5, 5.41) is 11.0. The van der Waals surface area contributed by atoms with E-state index >= 15 is 0 Å². The SMILES string of the molecule is COCCCN(Cc1nc2sc(C)c(C)c2c(=O)[nH]1)C[C@@H](O)COC(C)C. The molecule has 0 saturated heterocycles. The van der Waals surface area contributed by atoms with Gasteiger partial charge < -0.3 is 19.6 Å². The number of thiophene rings is 1. The lowest BCUT2D eigenvalue weighted by molar-refractivity contribution is -0.0106. The topological polar surface area (TPSA) is 87.7 Å². The third-order valence-corrected chi connectivity index (χ3v) is 5.48. The molecule has 2 aromatic heterocycles. The second kappa shape index (κ2) is 10.3. The van der Waals surface area contributed by atoms with Crippen LogP contribution in [-0.4, -0.2) is 65.6 Å². The number of hydrogen-bond donors (Lipinski definition) is 2. The summed E-state index contributed by atoms with van der Waals surface area (Å²) in [7, 11) is 1.67. The number of methoxy groups -OCH3 is 1. The number of nitrogens with one attached hydrogen (secondary N) is 1. The molecule has 27 heavy (non-hydrogen) atoms. The number of aromatic nitrogens is 2. The van der Waals surface area contributed by atoms with Gasteiger partial charge in [-0.2, -0.15) is 0 Å². The van der Waals surface area contributed by atoms with E-state index in [1.807, 2.05) is 27.7 Å². The Morgan fingerprint density at radius 1 is 1.33 bits per heavy atom. The van der Waals surface area contributed by atoms with Gasteiger partial charge in [0.2, 0.25) is 0 Å². The van der Waals surface area contributed by atoms with Gasteiger partial charge in [-0.05, 0) is 39.7 Å². The minimum absolute atomic E-state index is 0.0762. The van der Waals surface area contributed by atoms with Gasteiger partial charge in [-0.15, -0.1) is 11.3 Å². The zero-order valence-electron chi connectivity index (χ0n) is 16.9. The Balaban J connectivity index is 2.13. The van der Waals surface area contributed by atoms with Crippen molar-refractivity contribution in [1.29, 1.82) is 0 Å². The highest BCUT2D eigenvalue weighted by Gasteiger charge is 2.17. The van der Waals surface area contributed by atoms with Crippen molar-refractivity contribution in [3.05, 3.63) is 26.6 Å². The summed E-state index contributed by atoms with van der Waals surface area (Å²) in [6.07, 6.45) is 0.307. The Kier molecular flexibility index (Phi) is 8.37. The van der Waals surface area contributed by atoms with E-state index in [4.69, 9.17) is 9.47 Å². The highest BCUT2D eigenvalue weighted by molar-refractivity contribution is 7.18. The zero-order chi connectivity index (χ0) is 20.0. The molecule has 0 fully saturated rings. The van der Waals surface area contributed by atoms with Crippen LogP contribution in [-0.2, 0) is 16.0 Å². The fourth-order valence-corrected chi connectivity index (χ4v) is 3.96. The van der Waals surface area contributed by atoms with Crippen LogP contribution in [0, 0.1) is 13.8 Å². The van der Waals surface area contributed by atoms with Crippen LogP contribution in [0.1, 0.15) is 36.5 Å². The van der Waals surface area contributed by atoms with E-state index in [2.05, 4.69) is 14.9 Å². The van der Waals surface area contributed by atoms with Gasteiger partial charge in [0.05, 0.1) is 30.7 Å². The second-order valence-corrected chi connectivity index (χ2v) is 8.30. The first-order valence-corrected chi connectivity index (χ1v) is 10.1. The molecule has 2 heterocycles. The summed E-state index contributed by atoms with van der Waals surface area (Å²) in [4.78, 5) is 24.0. The zero-order valence-corrected chi connectivity index (χ0v) is 17.7. The van der Waals surface area contributed by atoms with E-state index < -0.39 is 6.10 Å². The summed E-state index contributed by atoms with van der Waals surface area (Å²) in [5.74, 6) is 0.614. The normalized spacial score (nSPS) is 13.2. The molecule has 1 atom stereocenters. The molecule has 0 unspecified atom stereocenters. The number of aliphatic hydroxyl groups excluding tert-OH is 1. The van der Waals surface area contributed by atoms with Crippen molar-refractivity contribution in [2.45, 2.75) is 52.9 Å². The Labute approximate surface area is 164 Å². The first kappa shape index (κ1) is 22.0. The third-order valence-electron chi connectivity index (χ3n) is 4.38. The van der Waals surface area contributed by atoms with E-state index in [9.17, 15) is 9.90 Å². The molecular weight excluding hydrogens is 366 g/mol. The Hall–Kier alpha value is -1.32. The molecule has 0 aliphatic carbocycles. The smallest absolute Gasteiger partial charge is 0.259 e. The molecule has 0 aromatic carbocycles. The van der Waals surface area contributed by atoms with Gasteiger partial charge in [0.25, 0.3) is 5.56 Å². The fourth-order valence-electron chi connectivity index (χ4n) is 2.91. The van der Waals surface area contributed by atoms with Crippen molar-refractivity contribution in [3.8, 4) is 0 Å². The Morgan fingerprint density at radius 3 is 2.74 bits per heavy atom. The average molecular weight is 398 g/mol. The van der Waals surface area contributed by atoms with Crippen LogP contribution in [0.4, 0.5) is 0 Å². The highest BCUT2D eigenvalue weighted by atomic mass is 32.1. The van der Waals surface area contributed by atoms with E-state index in [1.54, 1.807) is 18.4 Å². The largest absolute Gasteiger partial charge is 0.389 e. The van der Waals surface area contributed by atoms with Gasteiger partial charge >= 0.3 is 0 Å². The molecule has 0 spiro atoms. The molecule has 0 saturated carbocycles. The number of aryl methyl sites for hydroxylation is 2. The number of fused-ring (bicyclic) bond motifs is 1. The molecule has 0 radical (unpaired) electrons. The standard InChI is InChI=1S/C19H31N3O4S/c1-12(2)26-11-15(23)9-22(7-6-8-25-5)10-16-20-18(24)17-13(3)14(4)27-19(17)21-16/h12,15,23H,6-11H2,1-5H3,(H,20,21,24)/t15-/m1/s1. The van der Waals surface area contributed by atoms with Gasteiger partial charge in [0, 0.05) is 31.7 Å². The van der Waals surface area contributed by atoms with Crippen molar-refractivity contribution in [2.75, 3.05) is 33.4 Å². The first-order chi connectivity index (χ1) is 12.8. The van der Waals surface area contributed by atoms with Crippen molar-refractivity contribution in [1.82, 2.24) is 14.9 Å². The quantitative estimate of drug-likeness (QED) is 0.566. The average Bonchev–Trinajstić information content (AvgIpc) is 2.87. The molecule has 2 N–H and O–H groups in total. The molecule has 0 amide bonds. The van der Waals surface area contributed by atoms with Gasteiger partial charge in [-0.1, -0.05) is 0 Å². The summed E-state index contributed by atoms with van der Waals surface area (Å²) >= 11 is 1.54. The van der Waals surface area contributed by atoms with Gasteiger partial charge in [-0.25, -0.2) is 4.98 Å². The predicted molar refractivity (Wildman–Crippen MR) is 109 cm³/mol. The molecule has 2 rings (SSSR count). The number of nitrogens with zero attached hydrogens (tertiary/aromatic N) is 2. The van der Waals surface area contributed by atoms with Crippen molar-refractivity contribution >= 4 is 21.6 Å². The van der Waals surface area contributed by atoms with Gasteiger partial charge in [0.15, 0.2) is 0 Å². The lowest BCUT2D eigenvalue weighted by Gasteiger charge is -2.25. The predicted octanol–water partition coefficient (Wildman–Crippen LogP) is 2.23. The minimum Gasteiger partial charge on any atom is -0.389 e. The van der Waals surface area contributed by atoms with Crippen LogP contribution in [0.2, 0.25) is 0 Å². The van der Waals surface area contributed by atoms with Gasteiger partial charge in [0.1, 0.15) is 10.7 Å². The summed E-state index contributed by atoms with van der Waals surface area (Å²) in [6.45, 7) is 10.4. The molecule has 8 heteroatoms.